The molecule has 0 spiro atoms. The van der Waals surface area contributed by atoms with Gasteiger partial charge in [-0.25, -0.2) is 0 Å². The quantitative estimate of drug-likeness (QED) is 0.167. The van der Waals surface area contributed by atoms with E-state index in [1.54, 1.807) is 11.8 Å². The molecule has 0 N–H and O–H groups in total. The minimum absolute atomic E-state index is 0.101. The van der Waals surface area contributed by atoms with Crippen molar-refractivity contribution in [2.24, 2.45) is 0 Å². The molecule has 276 valence electrons. The van der Waals surface area contributed by atoms with Crippen LogP contribution in [0.15, 0.2) is 210 Å². The van der Waals surface area contributed by atoms with Crippen LogP contribution < -0.4 is 9.64 Å². The van der Waals surface area contributed by atoms with Gasteiger partial charge in [0.15, 0.2) is 0 Å². The molecule has 0 fully saturated rings. The maximum atomic E-state index is 7.19. The fourth-order valence-electron chi connectivity index (χ4n) is 9.07. The van der Waals surface area contributed by atoms with Crippen molar-refractivity contribution in [3.05, 3.63) is 211 Å². The smallest absolute Gasteiger partial charge is 0.149 e. The number of para-hydroxylation sites is 1. The normalized spacial score (nSPS) is 13.2. The third kappa shape index (κ3) is 5.57. The van der Waals surface area contributed by atoms with Crippen molar-refractivity contribution in [2.45, 2.75) is 29.1 Å². The number of hydrogen-bond acceptors (Lipinski definition) is 3. The first-order chi connectivity index (χ1) is 28.5. The fraction of sp³-hybridized carbons (Fsp3) is 0.0545. The van der Waals surface area contributed by atoms with Gasteiger partial charge in [-0.05, 0) is 92.4 Å². The highest BCUT2D eigenvalue weighted by atomic mass is 32.2. The van der Waals surface area contributed by atoms with Gasteiger partial charge in [-0.1, -0.05) is 183 Å². The SMILES string of the molecule is CC1(C)c2ccccc2-c2c1ccc1c2Oc2c(cccc2-c2ccc(N(c3ccc(-c4ccccc4)cc3)c3ccc(-c4ccccc4)cc3)c3ccccc23)S1. The van der Waals surface area contributed by atoms with E-state index in [1.807, 2.05) is 0 Å². The van der Waals surface area contributed by atoms with E-state index >= 15 is 0 Å². The van der Waals surface area contributed by atoms with Crippen LogP contribution in [0.4, 0.5) is 17.1 Å². The molecule has 0 radical (unpaired) electrons. The van der Waals surface area contributed by atoms with E-state index in [9.17, 15) is 0 Å². The van der Waals surface area contributed by atoms with Gasteiger partial charge in [-0.3, -0.25) is 0 Å². The molecule has 0 unspecified atom stereocenters. The van der Waals surface area contributed by atoms with Crippen molar-refractivity contribution in [1.29, 1.82) is 0 Å². The van der Waals surface area contributed by atoms with Gasteiger partial charge in [0, 0.05) is 33.3 Å². The minimum atomic E-state index is -0.101. The van der Waals surface area contributed by atoms with Gasteiger partial charge in [0.1, 0.15) is 11.5 Å². The summed E-state index contributed by atoms with van der Waals surface area (Å²) in [4.78, 5) is 4.67. The second-order valence-corrected chi connectivity index (χ2v) is 16.7. The highest BCUT2D eigenvalue weighted by molar-refractivity contribution is 7.99. The third-order valence-electron chi connectivity index (χ3n) is 12.0. The lowest BCUT2D eigenvalue weighted by Gasteiger charge is -2.29. The molecule has 2 aliphatic rings. The zero-order valence-corrected chi connectivity index (χ0v) is 33.1. The number of anilines is 3. The fourth-order valence-corrected chi connectivity index (χ4v) is 10.1. The standard InChI is InChI=1S/C55H39NOS/c1-55(2)47-22-12-11-20-46(47)52-48(55)33-35-51-54(52)57-53-45(21-13-23-50(53)58-51)43-32-34-49(44-19-10-9-18-42(43)44)56(40-28-24-38(25-29-40)36-14-5-3-6-15-36)41-30-26-39(27-31-41)37-16-7-4-8-17-37/h3-35H,1-2H3. The number of benzene rings is 9. The summed E-state index contributed by atoms with van der Waals surface area (Å²) >= 11 is 1.81. The summed E-state index contributed by atoms with van der Waals surface area (Å²) in [6, 6.07) is 72.3. The van der Waals surface area contributed by atoms with Crippen LogP contribution in [-0.2, 0) is 5.41 Å². The lowest BCUT2D eigenvalue weighted by molar-refractivity contribution is 0.457. The molecule has 2 nitrogen and oxygen atoms in total. The zero-order chi connectivity index (χ0) is 38.8. The van der Waals surface area contributed by atoms with Gasteiger partial charge >= 0.3 is 0 Å². The summed E-state index contributed by atoms with van der Waals surface area (Å²) in [6.45, 7) is 4.65. The molecule has 0 aromatic heterocycles. The van der Waals surface area contributed by atoms with Crippen LogP contribution in [0.2, 0.25) is 0 Å². The predicted octanol–water partition coefficient (Wildman–Crippen LogP) is 15.9. The number of hydrogen-bond donors (Lipinski definition) is 0. The van der Waals surface area contributed by atoms with Crippen LogP contribution >= 0.6 is 11.8 Å². The van der Waals surface area contributed by atoms with Crippen molar-refractivity contribution in [3.8, 4) is 56.0 Å². The molecule has 3 heteroatoms. The number of ether oxygens (including phenoxy) is 1. The predicted molar refractivity (Wildman–Crippen MR) is 243 cm³/mol. The van der Waals surface area contributed by atoms with Crippen LogP contribution in [0.3, 0.4) is 0 Å². The minimum Gasteiger partial charge on any atom is -0.454 e. The summed E-state index contributed by atoms with van der Waals surface area (Å²) < 4.78 is 7.19. The van der Waals surface area contributed by atoms with Gasteiger partial charge in [0.2, 0.25) is 0 Å². The Balaban J connectivity index is 1.05. The van der Waals surface area contributed by atoms with Crippen molar-refractivity contribution in [1.82, 2.24) is 0 Å². The molecule has 0 saturated carbocycles. The first-order valence-corrected chi connectivity index (χ1v) is 20.7. The van der Waals surface area contributed by atoms with E-state index in [2.05, 4.69) is 219 Å². The Morgan fingerprint density at radius 1 is 0.397 bits per heavy atom. The topological polar surface area (TPSA) is 12.5 Å². The van der Waals surface area contributed by atoms with Crippen molar-refractivity contribution >= 4 is 39.6 Å². The molecule has 0 saturated heterocycles. The van der Waals surface area contributed by atoms with Crippen molar-refractivity contribution in [3.63, 3.8) is 0 Å². The first kappa shape index (κ1) is 34.4. The molecule has 0 bridgehead atoms. The lowest BCUT2D eigenvalue weighted by Crippen LogP contribution is -2.15. The second-order valence-electron chi connectivity index (χ2n) is 15.7. The molecule has 1 aliphatic carbocycles. The van der Waals surface area contributed by atoms with E-state index in [0.717, 1.165) is 54.9 Å². The van der Waals surface area contributed by atoms with Crippen molar-refractivity contribution < 1.29 is 4.74 Å². The monoisotopic (exact) mass is 761 g/mol. The van der Waals surface area contributed by atoms with E-state index in [1.165, 1.54) is 49.9 Å². The Morgan fingerprint density at radius 3 is 1.62 bits per heavy atom. The molecule has 9 aromatic rings. The van der Waals surface area contributed by atoms with Gasteiger partial charge in [0.05, 0.1) is 15.5 Å². The van der Waals surface area contributed by atoms with E-state index in [4.69, 9.17) is 4.74 Å². The van der Waals surface area contributed by atoms with Gasteiger partial charge in [-0.15, -0.1) is 0 Å². The maximum absolute atomic E-state index is 7.19. The van der Waals surface area contributed by atoms with Crippen LogP contribution in [0.5, 0.6) is 11.5 Å². The highest BCUT2D eigenvalue weighted by Gasteiger charge is 2.39. The number of fused-ring (bicyclic) bond motifs is 7. The maximum Gasteiger partial charge on any atom is 0.149 e. The summed E-state index contributed by atoms with van der Waals surface area (Å²) in [5.41, 5.74) is 15.4. The highest BCUT2D eigenvalue weighted by Crippen LogP contribution is 2.60. The molecule has 0 amide bonds. The molecular weight excluding hydrogens is 723 g/mol. The summed E-state index contributed by atoms with van der Waals surface area (Å²) in [5.74, 6) is 1.88. The van der Waals surface area contributed by atoms with Gasteiger partial charge < -0.3 is 9.64 Å². The van der Waals surface area contributed by atoms with Crippen LogP contribution in [-0.4, -0.2) is 0 Å². The molecule has 0 atom stereocenters. The Labute approximate surface area is 344 Å². The second kappa shape index (κ2) is 13.7. The van der Waals surface area contributed by atoms with E-state index < -0.39 is 0 Å². The summed E-state index contributed by atoms with van der Waals surface area (Å²) in [6.07, 6.45) is 0. The van der Waals surface area contributed by atoms with Crippen molar-refractivity contribution in [2.75, 3.05) is 4.90 Å². The molecule has 58 heavy (non-hydrogen) atoms. The largest absolute Gasteiger partial charge is 0.454 e. The van der Waals surface area contributed by atoms with Crippen LogP contribution in [0.25, 0.3) is 55.3 Å². The lowest BCUT2D eigenvalue weighted by atomic mass is 9.82. The van der Waals surface area contributed by atoms with Crippen LogP contribution in [0.1, 0.15) is 25.0 Å². The van der Waals surface area contributed by atoms with Crippen LogP contribution in [0, 0.1) is 0 Å². The average molecular weight is 762 g/mol. The van der Waals surface area contributed by atoms with E-state index in [0.29, 0.717) is 0 Å². The summed E-state index contributed by atoms with van der Waals surface area (Å²) in [5, 5.41) is 2.33. The molecule has 9 aromatic carbocycles. The zero-order valence-electron chi connectivity index (χ0n) is 32.3. The summed E-state index contributed by atoms with van der Waals surface area (Å²) in [7, 11) is 0. The molecule has 1 heterocycles. The molecular formula is C55H39NOS. The molecule has 1 aliphatic heterocycles. The van der Waals surface area contributed by atoms with Gasteiger partial charge in [-0.2, -0.15) is 0 Å². The van der Waals surface area contributed by atoms with E-state index in [-0.39, 0.29) is 5.41 Å². The third-order valence-corrected chi connectivity index (χ3v) is 13.0. The Kier molecular flexibility index (Phi) is 8.13. The average Bonchev–Trinajstić information content (AvgIpc) is 3.52. The Hall–Kier alpha value is -6.81. The Morgan fingerprint density at radius 2 is 0.948 bits per heavy atom. The number of rotatable bonds is 6. The first-order valence-electron chi connectivity index (χ1n) is 19.9. The Bertz CT molecular complexity index is 2920. The number of nitrogens with zero attached hydrogens (tertiary/aromatic N) is 1. The molecule has 11 rings (SSSR count). The van der Waals surface area contributed by atoms with Gasteiger partial charge in [0.25, 0.3) is 0 Å².